The smallest absolute Gasteiger partial charge is 0.305 e. The van der Waals surface area contributed by atoms with E-state index in [-0.39, 0.29) is 23.5 Å². The number of carbonyl (C=O) groups excluding carboxylic acids is 2. The first-order valence-electron chi connectivity index (χ1n) is 13.6. The standard InChI is InChI=1S/C29H46O4/c1-7-20-22-10-8-9-16-28(22,4)24-15-17-29(5)21(18(2)11-14-25(31)32-6)12-13-23(29)26(24)27(20)33-19(3)30/h8-9,18,20-24,26-27H,7,10-17H2,1-6H3/t18-,20-,21-,22+,23+,24+,26+,27-,28+,29-/m1/s1. The Morgan fingerprint density at radius 1 is 1.06 bits per heavy atom. The van der Waals surface area contributed by atoms with Gasteiger partial charge in [0.15, 0.2) is 0 Å². The highest BCUT2D eigenvalue weighted by molar-refractivity contribution is 5.69. The number of carbonyl (C=O) groups is 2. The van der Waals surface area contributed by atoms with Gasteiger partial charge in [0, 0.05) is 19.3 Å². The summed E-state index contributed by atoms with van der Waals surface area (Å²) in [5.41, 5.74) is 0.577. The molecule has 0 aliphatic heterocycles. The number of fused-ring (bicyclic) bond motifs is 5. The van der Waals surface area contributed by atoms with Crippen molar-refractivity contribution in [1.29, 1.82) is 0 Å². The fourth-order valence-electron chi connectivity index (χ4n) is 9.53. The number of hydrogen-bond acceptors (Lipinski definition) is 4. The Morgan fingerprint density at radius 3 is 2.45 bits per heavy atom. The summed E-state index contributed by atoms with van der Waals surface area (Å²) in [5, 5.41) is 0. The lowest BCUT2D eigenvalue weighted by Gasteiger charge is -2.64. The molecule has 10 atom stereocenters. The minimum Gasteiger partial charge on any atom is -0.469 e. The average Bonchev–Trinajstić information content (AvgIpc) is 3.14. The van der Waals surface area contributed by atoms with Crippen LogP contribution in [0, 0.1) is 52.3 Å². The van der Waals surface area contributed by atoms with Crippen LogP contribution in [0.4, 0.5) is 0 Å². The van der Waals surface area contributed by atoms with Gasteiger partial charge >= 0.3 is 11.9 Å². The number of esters is 2. The topological polar surface area (TPSA) is 52.6 Å². The van der Waals surface area contributed by atoms with E-state index in [0.29, 0.717) is 53.3 Å². The van der Waals surface area contributed by atoms with Crippen LogP contribution < -0.4 is 0 Å². The number of hydrogen-bond donors (Lipinski definition) is 0. The molecule has 4 aliphatic carbocycles. The first-order chi connectivity index (χ1) is 15.7. The van der Waals surface area contributed by atoms with E-state index in [9.17, 15) is 9.59 Å². The van der Waals surface area contributed by atoms with E-state index < -0.39 is 0 Å². The van der Waals surface area contributed by atoms with E-state index in [1.165, 1.54) is 39.2 Å². The average molecular weight is 459 g/mol. The van der Waals surface area contributed by atoms with Crippen molar-refractivity contribution in [2.45, 2.75) is 98.5 Å². The maximum atomic E-state index is 12.3. The monoisotopic (exact) mass is 458 g/mol. The Morgan fingerprint density at radius 2 is 1.79 bits per heavy atom. The zero-order valence-electron chi connectivity index (χ0n) is 21.8. The third-order valence-corrected chi connectivity index (χ3v) is 11.0. The van der Waals surface area contributed by atoms with Crippen LogP contribution in [0.2, 0.25) is 0 Å². The highest BCUT2D eigenvalue weighted by Crippen LogP contribution is 2.69. The fraction of sp³-hybridized carbons (Fsp3) is 0.862. The molecule has 4 heteroatoms. The Balaban J connectivity index is 1.66. The van der Waals surface area contributed by atoms with Crippen LogP contribution in [0.25, 0.3) is 0 Å². The second-order valence-electron chi connectivity index (χ2n) is 12.3. The van der Waals surface area contributed by atoms with Crippen molar-refractivity contribution in [2.24, 2.45) is 52.3 Å². The number of allylic oxidation sites excluding steroid dienone is 2. The molecule has 0 bridgehead atoms. The van der Waals surface area contributed by atoms with Crippen molar-refractivity contribution in [3.8, 4) is 0 Å². The third-order valence-electron chi connectivity index (χ3n) is 11.0. The zero-order valence-corrected chi connectivity index (χ0v) is 21.8. The summed E-state index contributed by atoms with van der Waals surface area (Å²) >= 11 is 0. The lowest BCUT2D eigenvalue weighted by Crippen LogP contribution is -2.61. The van der Waals surface area contributed by atoms with Crippen molar-refractivity contribution < 1.29 is 19.1 Å². The minimum atomic E-state index is -0.111. The molecule has 186 valence electrons. The normalized spacial score (nSPS) is 44.8. The molecule has 0 aromatic rings. The van der Waals surface area contributed by atoms with Gasteiger partial charge in [-0.05, 0) is 97.7 Å². The molecular weight excluding hydrogens is 412 g/mol. The van der Waals surface area contributed by atoms with Crippen molar-refractivity contribution >= 4 is 11.9 Å². The van der Waals surface area contributed by atoms with Gasteiger partial charge in [-0.3, -0.25) is 9.59 Å². The highest BCUT2D eigenvalue weighted by atomic mass is 16.5. The summed E-state index contributed by atoms with van der Waals surface area (Å²) in [5.74, 6) is 3.68. The van der Waals surface area contributed by atoms with Crippen molar-refractivity contribution in [3.05, 3.63) is 12.2 Å². The molecule has 4 aliphatic rings. The van der Waals surface area contributed by atoms with Gasteiger partial charge in [0.1, 0.15) is 6.10 Å². The first-order valence-corrected chi connectivity index (χ1v) is 13.6. The molecule has 3 fully saturated rings. The van der Waals surface area contributed by atoms with Crippen molar-refractivity contribution in [1.82, 2.24) is 0 Å². The molecule has 0 unspecified atom stereocenters. The SMILES string of the molecule is CC[C@H]1[C@@H](OC(C)=O)[C@@H]2[C@H](CC[C@]3(C)[C@@H]([C@H](C)CCC(=O)OC)CC[C@@H]23)[C@@]2(C)CC=CC[C@@H]12. The lowest BCUT2D eigenvalue weighted by molar-refractivity contribution is -0.204. The third kappa shape index (κ3) is 4.08. The summed E-state index contributed by atoms with van der Waals surface area (Å²) in [4.78, 5) is 24.1. The van der Waals surface area contributed by atoms with Crippen LogP contribution in [0.15, 0.2) is 12.2 Å². The van der Waals surface area contributed by atoms with Gasteiger partial charge in [0.2, 0.25) is 0 Å². The molecule has 0 spiro atoms. The van der Waals surface area contributed by atoms with Gasteiger partial charge in [-0.1, -0.05) is 39.8 Å². The molecule has 0 saturated heterocycles. The van der Waals surface area contributed by atoms with E-state index in [2.05, 4.69) is 39.8 Å². The second kappa shape index (κ2) is 9.38. The van der Waals surface area contributed by atoms with Crippen LogP contribution >= 0.6 is 0 Å². The summed E-state index contributed by atoms with van der Waals surface area (Å²) < 4.78 is 11.2. The molecule has 0 amide bonds. The molecule has 0 N–H and O–H groups in total. The van der Waals surface area contributed by atoms with E-state index >= 15 is 0 Å². The lowest BCUT2D eigenvalue weighted by atomic mass is 9.42. The maximum absolute atomic E-state index is 12.3. The minimum absolute atomic E-state index is 0.0517. The van der Waals surface area contributed by atoms with Gasteiger partial charge in [0.25, 0.3) is 0 Å². The van der Waals surface area contributed by atoms with Crippen molar-refractivity contribution in [2.75, 3.05) is 7.11 Å². The molecule has 3 saturated carbocycles. The van der Waals surface area contributed by atoms with E-state index in [4.69, 9.17) is 9.47 Å². The largest absolute Gasteiger partial charge is 0.469 e. The maximum Gasteiger partial charge on any atom is 0.305 e. The Labute approximate surface area is 201 Å². The van der Waals surface area contributed by atoms with Crippen molar-refractivity contribution in [3.63, 3.8) is 0 Å². The van der Waals surface area contributed by atoms with Gasteiger partial charge in [-0.25, -0.2) is 0 Å². The summed E-state index contributed by atoms with van der Waals surface area (Å²) in [6, 6.07) is 0. The second-order valence-corrected chi connectivity index (χ2v) is 12.3. The number of ether oxygens (including phenoxy) is 2. The molecule has 0 aromatic heterocycles. The van der Waals surface area contributed by atoms with Gasteiger partial charge in [0.05, 0.1) is 7.11 Å². The Bertz CT molecular complexity index is 774. The molecule has 0 heterocycles. The number of rotatable bonds is 6. The summed E-state index contributed by atoms with van der Waals surface area (Å²) in [6.07, 6.45) is 14.6. The molecule has 33 heavy (non-hydrogen) atoms. The van der Waals surface area contributed by atoms with Gasteiger partial charge in [-0.2, -0.15) is 0 Å². The van der Waals surface area contributed by atoms with Crippen LogP contribution in [0.1, 0.15) is 92.4 Å². The predicted molar refractivity (Wildman–Crippen MR) is 130 cm³/mol. The fourth-order valence-corrected chi connectivity index (χ4v) is 9.53. The quantitative estimate of drug-likeness (QED) is 0.333. The first kappa shape index (κ1) is 24.8. The molecule has 4 rings (SSSR count). The highest BCUT2D eigenvalue weighted by Gasteiger charge is 2.65. The van der Waals surface area contributed by atoms with Gasteiger partial charge < -0.3 is 9.47 Å². The van der Waals surface area contributed by atoms with Crippen LogP contribution in [0.3, 0.4) is 0 Å². The molecule has 0 radical (unpaired) electrons. The molecular formula is C29H46O4. The van der Waals surface area contributed by atoms with Crippen LogP contribution in [0.5, 0.6) is 0 Å². The number of methoxy groups -OCH3 is 1. The molecule has 4 nitrogen and oxygen atoms in total. The summed E-state index contributed by atoms with van der Waals surface area (Å²) in [6.45, 7) is 11.3. The molecule has 0 aromatic carbocycles. The van der Waals surface area contributed by atoms with E-state index in [1.807, 2.05) is 0 Å². The Hall–Kier alpha value is -1.32. The van der Waals surface area contributed by atoms with Crippen LogP contribution in [-0.2, 0) is 19.1 Å². The predicted octanol–water partition coefficient (Wildman–Crippen LogP) is 6.58. The van der Waals surface area contributed by atoms with Gasteiger partial charge in [-0.15, -0.1) is 0 Å². The van der Waals surface area contributed by atoms with E-state index in [0.717, 1.165) is 19.3 Å². The summed E-state index contributed by atoms with van der Waals surface area (Å²) in [7, 11) is 1.48. The Kier molecular flexibility index (Phi) is 7.05. The zero-order chi connectivity index (χ0) is 24.0. The van der Waals surface area contributed by atoms with Crippen LogP contribution in [-0.4, -0.2) is 25.2 Å². The van der Waals surface area contributed by atoms with E-state index in [1.54, 1.807) is 6.92 Å².